The van der Waals surface area contributed by atoms with E-state index in [0.717, 1.165) is 17.9 Å². The van der Waals surface area contributed by atoms with Crippen molar-refractivity contribution in [1.82, 2.24) is 20.0 Å². The first-order chi connectivity index (χ1) is 14.1. The van der Waals surface area contributed by atoms with Gasteiger partial charge in [-0.2, -0.15) is 4.68 Å². The highest BCUT2D eigenvalue weighted by Gasteiger charge is 2.16. The second-order valence-corrected chi connectivity index (χ2v) is 7.58. The number of hydrogen-bond donors (Lipinski definition) is 1. The van der Waals surface area contributed by atoms with E-state index in [1.165, 1.54) is 16.9 Å². The van der Waals surface area contributed by atoms with Crippen LogP contribution in [-0.2, 0) is 13.1 Å². The van der Waals surface area contributed by atoms with Crippen molar-refractivity contribution in [2.45, 2.75) is 20.0 Å². The fourth-order valence-corrected chi connectivity index (χ4v) is 3.89. The Morgan fingerprint density at radius 3 is 2.41 bits per heavy atom. The van der Waals surface area contributed by atoms with Crippen LogP contribution < -0.4 is 10.6 Å². The van der Waals surface area contributed by atoms with Crippen LogP contribution in [0.15, 0.2) is 66.9 Å². The number of carbonyl (C=O) groups is 1. The van der Waals surface area contributed by atoms with E-state index in [1.807, 2.05) is 42.6 Å². The largest absolute Gasteiger partial charge is 0.365 e. The van der Waals surface area contributed by atoms with Crippen molar-refractivity contribution in [3.8, 4) is 5.13 Å². The molecule has 0 atom stereocenters. The van der Waals surface area contributed by atoms with Gasteiger partial charge in [0.15, 0.2) is 0 Å². The maximum absolute atomic E-state index is 11.5. The molecule has 2 aromatic heterocycles. The summed E-state index contributed by atoms with van der Waals surface area (Å²) in [7, 11) is 0. The highest BCUT2D eigenvalue weighted by atomic mass is 32.1. The molecule has 8 heteroatoms. The zero-order chi connectivity index (χ0) is 20.2. The minimum Gasteiger partial charge on any atom is -0.365 e. The third-order valence-corrected chi connectivity index (χ3v) is 5.60. The van der Waals surface area contributed by atoms with Gasteiger partial charge in [-0.3, -0.25) is 4.79 Å². The van der Waals surface area contributed by atoms with E-state index in [4.69, 9.17) is 5.73 Å². The molecule has 4 aromatic rings. The molecule has 0 aliphatic heterocycles. The molecule has 0 aliphatic rings. The van der Waals surface area contributed by atoms with Gasteiger partial charge in [-0.15, -0.1) is 5.10 Å². The molecule has 0 spiro atoms. The number of hydrogen-bond acceptors (Lipinski definition) is 6. The Morgan fingerprint density at radius 1 is 1.07 bits per heavy atom. The van der Waals surface area contributed by atoms with Gasteiger partial charge < -0.3 is 10.6 Å². The Morgan fingerprint density at radius 2 is 1.76 bits per heavy atom. The second kappa shape index (κ2) is 8.24. The summed E-state index contributed by atoms with van der Waals surface area (Å²) < 4.78 is 1.59. The number of anilines is 1. The first-order valence-corrected chi connectivity index (χ1v) is 9.94. The molecule has 2 N–H and O–H groups in total. The molecule has 0 saturated carbocycles. The van der Waals surface area contributed by atoms with Gasteiger partial charge in [0.05, 0.1) is 18.4 Å². The quantitative estimate of drug-likeness (QED) is 0.510. The third-order valence-electron chi connectivity index (χ3n) is 4.44. The molecule has 7 nitrogen and oxygen atoms in total. The predicted octanol–water partition coefficient (Wildman–Crippen LogP) is 3.34. The summed E-state index contributed by atoms with van der Waals surface area (Å²) in [6.45, 7) is 3.10. The number of amides is 1. The van der Waals surface area contributed by atoms with E-state index in [-0.39, 0.29) is 0 Å². The van der Waals surface area contributed by atoms with Crippen LogP contribution in [0.25, 0.3) is 5.13 Å². The number of carbonyl (C=O) groups excluding carboxylic acids is 1. The van der Waals surface area contributed by atoms with Gasteiger partial charge in [-0.25, -0.2) is 4.98 Å². The topological polar surface area (TPSA) is 89.9 Å². The van der Waals surface area contributed by atoms with Gasteiger partial charge in [-0.05, 0) is 24.6 Å². The van der Waals surface area contributed by atoms with E-state index in [0.29, 0.717) is 22.2 Å². The van der Waals surface area contributed by atoms with Crippen LogP contribution in [0.4, 0.5) is 5.69 Å². The molecular formula is C21H20N6OS. The molecular weight excluding hydrogens is 384 g/mol. The number of aryl methyl sites for hydroxylation is 1. The van der Waals surface area contributed by atoms with Gasteiger partial charge in [-0.1, -0.05) is 65.1 Å². The Labute approximate surface area is 172 Å². The van der Waals surface area contributed by atoms with E-state index >= 15 is 0 Å². The van der Waals surface area contributed by atoms with Crippen molar-refractivity contribution in [3.63, 3.8) is 0 Å². The van der Waals surface area contributed by atoms with Crippen LogP contribution in [0.3, 0.4) is 0 Å². The number of nitrogens with two attached hydrogens (primary N) is 1. The van der Waals surface area contributed by atoms with E-state index in [1.54, 1.807) is 11.6 Å². The Bertz CT molecular complexity index is 1110. The number of para-hydroxylation sites is 1. The summed E-state index contributed by atoms with van der Waals surface area (Å²) >= 11 is 1.21. The van der Waals surface area contributed by atoms with Crippen molar-refractivity contribution < 1.29 is 4.79 Å². The van der Waals surface area contributed by atoms with Crippen molar-refractivity contribution >= 4 is 22.9 Å². The third kappa shape index (κ3) is 4.33. The lowest BCUT2D eigenvalue weighted by molar-refractivity contribution is 0.100. The summed E-state index contributed by atoms with van der Waals surface area (Å²) in [5.41, 5.74) is 9.12. The molecule has 2 heterocycles. The SMILES string of the molecule is Cc1nc(-n2cc(CN(Cc3ccccc3)c3ccccc3)nn2)sc1C(N)=O. The normalized spacial score (nSPS) is 10.8. The Balaban J connectivity index is 1.58. The summed E-state index contributed by atoms with van der Waals surface area (Å²) in [4.78, 5) is 18.6. The molecule has 2 aromatic carbocycles. The lowest BCUT2D eigenvalue weighted by Crippen LogP contribution is -2.22. The smallest absolute Gasteiger partial charge is 0.260 e. The molecule has 0 aliphatic carbocycles. The highest BCUT2D eigenvalue weighted by molar-refractivity contribution is 7.16. The standard InChI is InChI=1S/C21H20N6OS/c1-15-19(20(22)28)29-21(23-15)27-14-17(24-25-27)13-26(18-10-6-3-7-11-18)12-16-8-4-2-5-9-16/h2-11,14H,12-13H2,1H3,(H2,22,28). The average molecular weight is 404 g/mol. The molecule has 29 heavy (non-hydrogen) atoms. The lowest BCUT2D eigenvalue weighted by Gasteiger charge is -2.24. The summed E-state index contributed by atoms with van der Waals surface area (Å²) in [5, 5.41) is 9.07. The van der Waals surface area contributed by atoms with Crippen molar-refractivity contribution in [2.24, 2.45) is 5.73 Å². The van der Waals surface area contributed by atoms with Crippen molar-refractivity contribution in [1.29, 1.82) is 0 Å². The van der Waals surface area contributed by atoms with Gasteiger partial charge in [0.1, 0.15) is 10.6 Å². The Hall–Kier alpha value is -3.52. The van der Waals surface area contributed by atoms with E-state index in [2.05, 4.69) is 44.5 Å². The minimum absolute atomic E-state index is 0.437. The number of thiazole rings is 1. The highest BCUT2D eigenvalue weighted by Crippen LogP contribution is 2.22. The zero-order valence-electron chi connectivity index (χ0n) is 15.9. The maximum atomic E-state index is 11.5. The van der Waals surface area contributed by atoms with Crippen LogP contribution in [0, 0.1) is 6.92 Å². The van der Waals surface area contributed by atoms with Crippen LogP contribution in [0.1, 0.15) is 26.6 Å². The van der Waals surface area contributed by atoms with Gasteiger partial charge >= 0.3 is 0 Å². The molecule has 0 radical (unpaired) electrons. The minimum atomic E-state index is -0.482. The van der Waals surface area contributed by atoms with Crippen LogP contribution in [0.2, 0.25) is 0 Å². The number of rotatable bonds is 7. The number of primary amides is 1. The fraction of sp³-hybridized carbons (Fsp3) is 0.143. The van der Waals surface area contributed by atoms with Gasteiger partial charge in [0.25, 0.3) is 5.91 Å². The lowest BCUT2D eigenvalue weighted by atomic mass is 10.2. The molecule has 0 unspecified atom stereocenters. The van der Waals surface area contributed by atoms with Crippen LogP contribution >= 0.6 is 11.3 Å². The number of aromatic nitrogens is 4. The molecule has 0 fully saturated rings. The molecule has 0 bridgehead atoms. The summed E-state index contributed by atoms with van der Waals surface area (Å²) in [6.07, 6.45) is 1.84. The summed E-state index contributed by atoms with van der Waals surface area (Å²) in [6, 6.07) is 20.5. The van der Waals surface area contributed by atoms with Crippen LogP contribution in [-0.4, -0.2) is 25.9 Å². The van der Waals surface area contributed by atoms with Crippen molar-refractivity contribution in [3.05, 3.63) is 88.7 Å². The predicted molar refractivity (Wildman–Crippen MR) is 113 cm³/mol. The van der Waals surface area contributed by atoms with Gasteiger partial charge in [0, 0.05) is 12.2 Å². The average Bonchev–Trinajstić information content (AvgIpc) is 3.35. The van der Waals surface area contributed by atoms with Gasteiger partial charge in [0.2, 0.25) is 5.13 Å². The number of nitrogens with zero attached hydrogens (tertiary/aromatic N) is 5. The van der Waals surface area contributed by atoms with E-state index < -0.39 is 5.91 Å². The van der Waals surface area contributed by atoms with Crippen molar-refractivity contribution in [2.75, 3.05) is 4.90 Å². The maximum Gasteiger partial charge on any atom is 0.260 e. The molecule has 1 amide bonds. The fourth-order valence-electron chi connectivity index (χ4n) is 3.05. The summed E-state index contributed by atoms with van der Waals surface area (Å²) in [5.74, 6) is -0.482. The zero-order valence-corrected chi connectivity index (χ0v) is 16.7. The Kier molecular flexibility index (Phi) is 5.35. The molecule has 0 saturated heterocycles. The van der Waals surface area contributed by atoms with E-state index in [9.17, 15) is 4.79 Å². The first kappa shape index (κ1) is 18.8. The van der Waals surface area contributed by atoms with Crippen LogP contribution in [0.5, 0.6) is 0 Å². The second-order valence-electron chi connectivity index (χ2n) is 6.61. The monoisotopic (exact) mass is 404 g/mol. The number of benzene rings is 2. The molecule has 146 valence electrons. The first-order valence-electron chi connectivity index (χ1n) is 9.13. The molecule has 4 rings (SSSR count).